The molecule has 0 fully saturated rings. The zero-order valence-electron chi connectivity index (χ0n) is 10.5. The Kier molecular flexibility index (Phi) is 3.97. The van der Waals surface area contributed by atoms with Crippen LogP contribution in [0.15, 0.2) is 29.0 Å². The summed E-state index contributed by atoms with van der Waals surface area (Å²) in [5.41, 5.74) is 2.17. The summed E-state index contributed by atoms with van der Waals surface area (Å²) in [6.45, 7) is 1.91. The lowest BCUT2D eigenvalue weighted by Gasteiger charge is -2.12. The molecule has 0 bridgehead atoms. The quantitative estimate of drug-likeness (QED) is 0.909. The van der Waals surface area contributed by atoms with Gasteiger partial charge in [0.25, 0.3) is 0 Å². The van der Waals surface area contributed by atoms with Crippen molar-refractivity contribution in [1.29, 1.82) is 5.26 Å². The second-order valence-corrected chi connectivity index (χ2v) is 4.79. The molecule has 6 heteroatoms. The lowest BCUT2D eigenvalue weighted by molar-refractivity contribution is 1.12. The number of benzene rings is 1. The molecule has 19 heavy (non-hydrogen) atoms. The van der Waals surface area contributed by atoms with Crippen LogP contribution < -0.4 is 10.6 Å². The van der Waals surface area contributed by atoms with Gasteiger partial charge in [0, 0.05) is 17.1 Å². The van der Waals surface area contributed by atoms with E-state index >= 15 is 0 Å². The molecule has 0 aliphatic rings. The summed E-state index contributed by atoms with van der Waals surface area (Å²) in [4.78, 5) is 8.32. The van der Waals surface area contributed by atoms with Gasteiger partial charge in [-0.05, 0) is 25.1 Å². The van der Waals surface area contributed by atoms with Gasteiger partial charge >= 0.3 is 0 Å². The second-order valence-electron chi connectivity index (χ2n) is 3.87. The van der Waals surface area contributed by atoms with E-state index in [2.05, 4.69) is 42.6 Å². The first-order chi connectivity index (χ1) is 9.15. The van der Waals surface area contributed by atoms with Crippen LogP contribution in [0.4, 0.5) is 17.3 Å². The summed E-state index contributed by atoms with van der Waals surface area (Å²) < 4.78 is 0.898. The smallest absolute Gasteiger partial charge is 0.138 e. The maximum Gasteiger partial charge on any atom is 0.138 e. The summed E-state index contributed by atoms with van der Waals surface area (Å²) in [6, 6.07) is 7.58. The minimum absolute atomic E-state index is 0.562. The van der Waals surface area contributed by atoms with Crippen LogP contribution in [0, 0.1) is 18.3 Å². The van der Waals surface area contributed by atoms with Crippen molar-refractivity contribution in [3.8, 4) is 6.07 Å². The molecular formula is C13H12BrN5. The van der Waals surface area contributed by atoms with E-state index in [1.807, 2.05) is 19.1 Å². The van der Waals surface area contributed by atoms with Crippen molar-refractivity contribution < 1.29 is 0 Å². The minimum Gasteiger partial charge on any atom is -0.373 e. The van der Waals surface area contributed by atoms with Crippen LogP contribution in [0.2, 0.25) is 0 Å². The zero-order chi connectivity index (χ0) is 13.8. The SMILES string of the molecule is CNc1ncnc(Nc2cc(Br)ccc2C#N)c1C. The topological polar surface area (TPSA) is 73.6 Å². The Morgan fingerprint density at radius 1 is 1.26 bits per heavy atom. The first kappa shape index (κ1) is 13.3. The van der Waals surface area contributed by atoms with Gasteiger partial charge in [-0.1, -0.05) is 15.9 Å². The number of aromatic nitrogens is 2. The van der Waals surface area contributed by atoms with Gasteiger partial charge in [0.05, 0.1) is 11.3 Å². The van der Waals surface area contributed by atoms with Crippen molar-refractivity contribution in [2.75, 3.05) is 17.7 Å². The van der Waals surface area contributed by atoms with Gasteiger partial charge in [0.2, 0.25) is 0 Å². The molecule has 1 aromatic carbocycles. The zero-order valence-corrected chi connectivity index (χ0v) is 12.1. The number of anilines is 3. The summed E-state index contributed by atoms with van der Waals surface area (Å²) in [6.07, 6.45) is 1.48. The lowest BCUT2D eigenvalue weighted by Crippen LogP contribution is -2.03. The molecular weight excluding hydrogens is 306 g/mol. The number of hydrogen-bond donors (Lipinski definition) is 2. The Labute approximate surface area is 119 Å². The maximum absolute atomic E-state index is 9.11. The maximum atomic E-state index is 9.11. The Hall–Kier alpha value is -2.13. The highest BCUT2D eigenvalue weighted by molar-refractivity contribution is 9.10. The predicted molar refractivity (Wildman–Crippen MR) is 78.5 cm³/mol. The Morgan fingerprint density at radius 2 is 2.00 bits per heavy atom. The molecule has 1 heterocycles. The molecule has 0 unspecified atom stereocenters. The number of nitrogens with zero attached hydrogens (tertiary/aromatic N) is 3. The molecule has 2 rings (SSSR count). The van der Waals surface area contributed by atoms with Crippen LogP contribution in [0.5, 0.6) is 0 Å². The third kappa shape index (κ3) is 2.83. The van der Waals surface area contributed by atoms with Gasteiger partial charge < -0.3 is 10.6 Å². The number of rotatable bonds is 3. The van der Waals surface area contributed by atoms with Crippen LogP contribution in [-0.2, 0) is 0 Å². The summed E-state index contributed by atoms with van der Waals surface area (Å²) in [7, 11) is 1.80. The van der Waals surface area contributed by atoms with Crippen LogP contribution in [0.3, 0.4) is 0 Å². The molecule has 96 valence electrons. The molecule has 0 radical (unpaired) electrons. The van der Waals surface area contributed by atoms with Crippen LogP contribution in [-0.4, -0.2) is 17.0 Å². The second kappa shape index (κ2) is 5.67. The molecule has 0 saturated carbocycles. The summed E-state index contributed by atoms with van der Waals surface area (Å²) in [5, 5.41) is 15.3. The van der Waals surface area contributed by atoms with E-state index in [9.17, 15) is 0 Å². The summed E-state index contributed by atoms with van der Waals surface area (Å²) >= 11 is 3.39. The molecule has 2 N–H and O–H groups in total. The molecule has 1 aromatic heterocycles. The minimum atomic E-state index is 0.562. The largest absolute Gasteiger partial charge is 0.373 e. The Bertz CT molecular complexity index is 648. The van der Waals surface area contributed by atoms with Crippen molar-refractivity contribution >= 4 is 33.3 Å². The van der Waals surface area contributed by atoms with Gasteiger partial charge in [0.1, 0.15) is 24.0 Å². The number of halogens is 1. The van der Waals surface area contributed by atoms with Crippen molar-refractivity contribution in [1.82, 2.24) is 9.97 Å². The van der Waals surface area contributed by atoms with Crippen LogP contribution in [0.25, 0.3) is 0 Å². The molecule has 0 saturated heterocycles. The lowest BCUT2D eigenvalue weighted by atomic mass is 10.2. The number of hydrogen-bond acceptors (Lipinski definition) is 5. The van der Waals surface area contributed by atoms with E-state index in [1.165, 1.54) is 6.33 Å². The Morgan fingerprint density at radius 3 is 2.68 bits per heavy atom. The van der Waals surface area contributed by atoms with E-state index in [4.69, 9.17) is 5.26 Å². The van der Waals surface area contributed by atoms with Gasteiger partial charge in [-0.3, -0.25) is 0 Å². The predicted octanol–water partition coefficient (Wildman–Crippen LogP) is 3.20. The normalized spacial score (nSPS) is 9.79. The molecule has 2 aromatic rings. The van der Waals surface area contributed by atoms with Crippen molar-refractivity contribution in [3.63, 3.8) is 0 Å². The fourth-order valence-corrected chi connectivity index (χ4v) is 2.03. The van der Waals surface area contributed by atoms with Gasteiger partial charge in [-0.15, -0.1) is 0 Å². The van der Waals surface area contributed by atoms with Gasteiger partial charge in [-0.2, -0.15) is 5.26 Å². The van der Waals surface area contributed by atoms with Crippen LogP contribution >= 0.6 is 15.9 Å². The first-order valence-electron chi connectivity index (χ1n) is 5.61. The summed E-state index contributed by atoms with van der Waals surface area (Å²) in [5.74, 6) is 1.43. The molecule has 0 aliphatic carbocycles. The highest BCUT2D eigenvalue weighted by Crippen LogP contribution is 2.26. The van der Waals surface area contributed by atoms with Gasteiger partial charge in [0.15, 0.2) is 0 Å². The average Bonchev–Trinajstić information content (AvgIpc) is 2.41. The highest BCUT2D eigenvalue weighted by atomic mass is 79.9. The molecule has 0 aliphatic heterocycles. The molecule has 0 atom stereocenters. The number of nitrogens with one attached hydrogen (secondary N) is 2. The molecule has 0 amide bonds. The molecule has 5 nitrogen and oxygen atoms in total. The van der Waals surface area contributed by atoms with E-state index in [0.29, 0.717) is 17.1 Å². The first-order valence-corrected chi connectivity index (χ1v) is 6.41. The van der Waals surface area contributed by atoms with E-state index in [0.717, 1.165) is 15.9 Å². The third-order valence-electron chi connectivity index (χ3n) is 2.68. The van der Waals surface area contributed by atoms with Gasteiger partial charge in [-0.25, -0.2) is 9.97 Å². The highest BCUT2D eigenvalue weighted by Gasteiger charge is 2.09. The van der Waals surface area contributed by atoms with E-state index in [-0.39, 0.29) is 0 Å². The Balaban J connectivity index is 2.42. The van der Waals surface area contributed by atoms with Crippen molar-refractivity contribution in [2.45, 2.75) is 6.92 Å². The standard InChI is InChI=1S/C13H12BrN5/c1-8-12(16-2)17-7-18-13(8)19-11-5-10(14)4-3-9(11)6-15/h3-5,7H,1-2H3,(H2,16,17,18,19). The van der Waals surface area contributed by atoms with Crippen molar-refractivity contribution in [2.24, 2.45) is 0 Å². The van der Waals surface area contributed by atoms with Crippen LogP contribution in [0.1, 0.15) is 11.1 Å². The monoisotopic (exact) mass is 317 g/mol. The average molecular weight is 318 g/mol. The third-order valence-corrected chi connectivity index (χ3v) is 3.17. The fourth-order valence-electron chi connectivity index (χ4n) is 1.67. The van der Waals surface area contributed by atoms with Crippen molar-refractivity contribution in [3.05, 3.63) is 40.1 Å². The van der Waals surface area contributed by atoms with E-state index in [1.54, 1.807) is 13.1 Å². The number of nitriles is 1. The molecule has 0 spiro atoms. The van der Waals surface area contributed by atoms with E-state index < -0.39 is 0 Å². The fraction of sp³-hybridized carbons (Fsp3) is 0.154.